The first-order valence-electron chi connectivity index (χ1n) is 3.51. The minimum Gasteiger partial charge on any atom is -0.501 e. The van der Waals surface area contributed by atoms with Crippen molar-refractivity contribution in [1.29, 1.82) is 0 Å². The second kappa shape index (κ2) is 6.35. The zero-order valence-electron chi connectivity index (χ0n) is 6.23. The minimum atomic E-state index is -0.595. The molecule has 0 aromatic rings. The van der Waals surface area contributed by atoms with Gasteiger partial charge in [0.15, 0.2) is 0 Å². The second-order valence-corrected chi connectivity index (χ2v) is 4.71. The van der Waals surface area contributed by atoms with Crippen molar-refractivity contribution in [1.82, 2.24) is 0 Å². The van der Waals surface area contributed by atoms with Gasteiger partial charge in [0.25, 0.3) is 0 Å². The normalized spacial score (nSPS) is 18.1. The van der Waals surface area contributed by atoms with E-state index in [9.17, 15) is 0 Å². The van der Waals surface area contributed by atoms with Gasteiger partial charge in [0.1, 0.15) is 0 Å². The zero-order chi connectivity index (χ0) is 7.11. The van der Waals surface area contributed by atoms with Crippen molar-refractivity contribution < 1.29 is 3.79 Å². The summed E-state index contributed by atoms with van der Waals surface area (Å²) < 4.78 is 5.42. The molecule has 1 rings (SSSR count). The van der Waals surface area contributed by atoms with Gasteiger partial charge in [-0.25, -0.2) is 0 Å². The molecular weight excluding hydrogens is 127 g/mol. The van der Waals surface area contributed by atoms with E-state index in [1.165, 1.54) is 18.1 Å². The quantitative estimate of drug-likeness (QED) is 0.372. The monoisotopic (exact) mass is 142 g/mol. The summed E-state index contributed by atoms with van der Waals surface area (Å²) in [5.41, 5.74) is 0. The van der Waals surface area contributed by atoms with E-state index in [0.29, 0.717) is 0 Å². The molecule has 0 saturated carbocycles. The van der Waals surface area contributed by atoms with Gasteiger partial charge in [0, 0.05) is 6.61 Å². The Bertz CT molecular complexity index is 59.9. The topological polar surface area (TPSA) is 9.23 Å². The van der Waals surface area contributed by atoms with Crippen molar-refractivity contribution in [3.63, 3.8) is 0 Å². The standard InChI is InChI=1S/C4H8O.C2H4.CH3.Al/c1-2-3-4-5;1-2;;/h1-4H2;1-2H2;1H3;/q-1;;;+1. The smallest absolute Gasteiger partial charge is 0.457 e. The van der Waals surface area contributed by atoms with Crippen molar-refractivity contribution in [3.8, 4) is 0 Å². The highest BCUT2D eigenvalue weighted by Crippen LogP contribution is 2.09. The van der Waals surface area contributed by atoms with Crippen LogP contribution in [0.15, 0.2) is 13.2 Å². The molecule has 1 heterocycles. The molecular formula is C7H15AlO. The van der Waals surface area contributed by atoms with Crippen LogP contribution in [0.2, 0.25) is 11.1 Å². The van der Waals surface area contributed by atoms with Crippen LogP contribution in [0.4, 0.5) is 0 Å². The van der Waals surface area contributed by atoms with Crippen LogP contribution in [0.25, 0.3) is 0 Å². The highest BCUT2D eigenvalue weighted by molar-refractivity contribution is 6.50. The Labute approximate surface area is 62.4 Å². The highest BCUT2D eigenvalue weighted by atomic mass is 27.2. The molecule has 1 aliphatic rings. The van der Waals surface area contributed by atoms with Gasteiger partial charge in [-0.15, -0.1) is 13.2 Å². The van der Waals surface area contributed by atoms with E-state index in [2.05, 4.69) is 18.9 Å². The molecule has 1 saturated heterocycles. The van der Waals surface area contributed by atoms with Crippen molar-refractivity contribution in [2.75, 3.05) is 6.61 Å². The SMILES string of the molecule is C=C.[CH3][Al]1[CH2]CCC[O]1. The maximum absolute atomic E-state index is 5.42. The fraction of sp³-hybridized carbons (Fsp3) is 0.714. The van der Waals surface area contributed by atoms with E-state index in [0.717, 1.165) is 6.61 Å². The lowest BCUT2D eigenvalue weighted by Crippen LogP contribution is -2.18. The molecule has 52 valence electrons. The fourth-order valence-electron chi connectivity index (χ4n) is 0.902. The first kappa shape index (κ1) is 9.23. The predicted octanol–water partition coefficient (Wildman–Crippen LogP) is 2.22. The molecule has 0 atom stereocenters. The summed E-state index contributed by atoms with van der Waals surface area (Å²) in [7, 11) is 0. The van der Waals surface area contributed by atoms with Crippen LogP contribution in [0, 0.1) is 0 Å². The lowest BCUT2D eigenvalue weighted by Gasteiger charge is -2.13. The Kier molecular flexibility index (Phi) is 6.52. The molecule has 1 fully saturated rings. The van der Waals surface area contributed by atoms with Crippen LogP contribution in [-0.4, -0.2) is 21.1 Å². The Balaban J connectivity index is 0.000000291. The van der Waals surface area contributed by atoms with Gasteiger partial charge in [0.2, 0.25) is 0 Å². The molecule has 9 heavy (non-hydrogen) atoms. The van der Waals surface area contributed by atoms with Crippen molar-refractivity contribution in [3.05, 3.63) is 13.2 Å². The zero-order valence-corrected chi connectivity index (χ0v) is 7.38. The van der Waals surface area contributed by atoms with E-state index in [4.69, 9.17) is 3.79 Å². The highest BCUT2D eigenvalue weighted by Gasteiger charge is 2.15. The van der Waals surface area contributed by atoms with Crippen LogP contribution in [0.1, 0.15) is 12.8 Å². The minimum absolute atomic E-state index is 0.595. The molecule has 0 spiro atoms. The first-order valence-corrected chi connectivity index (χ1v) is 5.95. The van der Waals surface area contributed by atoms with Gasteiger partial charge in [-0.2, -0.15) is 0 Å². The third-order valence-electron chi connectivity index (χ3n) is 1.41. The lowest BCUT2D eigenvalue weighted by atomic mass is 10.4. The Morgan fingerprint density at radius 2 is 2.00 bits per heavy atom. The average molecular weight is 142 g/mol. The second-order valence-electron chi connectivity index (χ2n) is 2.18. The summed E-state index contributed by atoms with van der Waals surface area (Å²) in [6.07, 6.45) is 2.73. The van der Waals surface area contributed by atoms with E-state index >= 15 is 0 Å². The molecule has 0 N–H and O–H groups in total. The molecule has 0 amide bonds. The average Bonchev–Trinajstić information content (AvgIpc) is 1.94. The van der Waals surface area contributed by atoms with Crippen LogP contribution in [-0.2, 0) is 3.79 Å². The third-order valence-corrected chi connectivity index (χ3v) is 3.43. The van der Waals surface area contributed by atoms with Crippen molar-refractivity contribution in [2.45, 2.75) is 23.9 Å². The molecule has 0 unspecified atom stereocenters. The number of hydrogen-bond donors (Lipinski definition) is 0. The lowest BCUT2D eigenvalue weighted by molar-refractivity contribution is 0.291. The van der Waals surface area contributed by atoms with Crippen LogP contribution < -0.4 is 0 Å². The molecule has 1 aliphatic heterocycles. The van der Waals surface area contributed by atoms with E-state index in [-0.39, 0.29) is 0 Å². The largest absolute Gasteiger partial charge is 0.501 e. The molecule has 1 nitrogen and oxygen atoms in total. The summed E-state index contributed by atoms with van der Waals surface area (Å²) in [5, 5.41) is 1.40. The fourth-order valence-corrected chi connectivity index (χ4v) is 2.50. The van der Waals surface area contributed by atoms with Gasteiger partial charge in [-0.05, 0) is 6.42 Å². The van der Waals surface area contributed by atoms with E-state index in [1.54, 1.807) is 0 Å². The maximum Gasteiger partial charge on any atom is 0.457 e. The summed E-state index contributed by atoms with van der Waals surface area (Å²) in [4.78, 5) is 0. The van der Waals surface area contributed by atoms with E-state index in [1.807, 2.05) is 0 Å². The van der Waals surface area contributed by atoms with Gasteiger partial charge in [-0.3, -0.25) is 0 Å². The molecule has 0 bridgehead atoms. The summed E-state index contributed by atoms with van der Waals surface area (Å²) in [5.74, 6) is 2.28. The van der Waals surface area contributed by atoms with Crippen LogP contribution in [0.3, 0.4) is 0 Å². The maximum atomic E-state index is 5.42. The predicted molar refractivity (Wildman–Crippen MR) is 42.9 cm³/mol. The van der Waals surface area contributed by atoms with Crippen LogP contribution in [0.5, 0.6) is 0 Å². The summed E-state index contributed by atoms with van der Waals surface area (Å²) >= 11 is -0.595. The molecule has 0 aromatic carbocycles. The number of hydrogen-bond acceptors (Lipinski definition) is 1. The Morgan fingerprint density at radius 1 is 1.33 bits per heavy atom. The van der Waals surface area contributed by atoms with E-state index < -0.39 is 14.5 Å². The first-order chi connectivity index (χ1) is 4.39. The molecule has 0 aliphatic carbocycles. The molecule has 2 heteroatoms. The van der Waals surface area contributed by atoms with Crippen molar-refractivity contribution in [2.24, 2.45) is 0 Å². The molecule has 0 aromatic heterocycles. The summed E-state index contributed by atoms with van der Waals surface area (Å²) in [6.45, 7) is 7.05. The molecule has 0 radical (unpaired) electrons. The van der Waals surface area contributed by atoms with Crippen molar-refractivity contribution >= 4 is 14.5 Å². The number of rotatable bonds is 0. The van der Waals surface area contributed by atoms with Gasteiger partial charge in [-0.1, -0.05) is 17.5 Å². The summed E-state index contributed by atoms with van der Waals surface area (Å²) in [6, 6.07) is 0. The van der Waals surface area contributed by atoms with Gasteiger partial charge < -0.3 is 3.79 Å². The van der Waals surface area contributed by atoms with Gasteiger partial charge >= 0.3 is 14.5 Å². The third kappa shape index (κ3) is 4.72. The Morgan fingerprint density at radius 3 is 2.22 bits per heavy atom. The van der Waals surface area contributed by atoms with Crippen LogP contribution >= 0.6 is 0 Å². The Hall–Kier alpha value is 0.232. The van der Waals surface area contributed by atoms with Gasteiger partial charge in [0.05, 0.1) is 0 Å².